The monoisotopic (exact) mass is 530 g/mol. The van der Waals surface area contributed by atoms with E-state index >= 15 is 0 Å². The Morgan fingerprint density at radius 2 is 1.65 bits per heavy atom. The Labute approximate surface area is 194 Å². The molecule has 1 saturated heterocycles. The molecule has 0 aliphatic carbocycles. The Bertz CT molecular complexity index is 985. The minimum Gasteiger partial charge on any atom is -0.756 e. The molecule has 15 nitrogen and oxygen atoms in total. The highest BCUT2D eigenvalue weighted by Gasteiger charge is 2.44. The molecule has 6 atom stereocenters. The lowest BCUT2D eigenvalue weighted by atomic mass is 10.1. The van der Waals surface area contributed by atoms with Gasteiger partial charge in [0.25, 0.3) is 21.2 Å². The van der Waals surface area contributed by atoms with Gasteiger partial charge in [-0.3, -0.25) is 23.5 Å². The zero-order chi connectivity index (χ0) is 25.4. The Morgan fingerprint density at radius 1 is 1.03 bits per heavy atom. The van der Waals surface area contributed by atoms with E-state index in [0.717, 1.165) is 49.1 Å². The molecule has 2 heterocycles. The lowest BCUT2D eigenvalue weighted by Gasteiger charge is -2.31. The van der Waals surface area contributed by atoms with Crippen LogP contribution in [0.25, 0.3) is 0 Å². The minimum atomic E-state index is -5.44. The van der Waals surface area contributed by atoms with Crippen LogP contribution in [0.15, 0.2) is 21.9 Å². The van der Waals surface area contributed by atoms with Crippen LogP contribution in [0.3, 0.4) is 0 Å². The molecule has 1 aliphatic heterocycles. The lowest BCUT2D eigenvalue weighted by Crippen LogP contribution is -2.50. The first-order valence-electron chi connectivity index (χ1n) is 10.7. The van der Waals surface area contributed by atoms with Crippen molar-refractivity contribution >= 4 is 15.6 Å². The van der Waals surface area contributed by atoms with Crippen LogP contribution in [0, 0.1) is 0 Å². The summed E-state index contributed by atoms with van der Waals surface area (Å²) in [6, 6.07) is 0.976. The van der Waals surface area contributed by atoms with E-state index in [1.54, 1.807) is 0 Å². The van der Waals surface area contributed by atoms with Crippen molar-refractivity contribution in [3.63, 3.8) is 0 Å². The van der Waals surface area contributed by atoms with E-state index in [-0.39, 0.29) is 6.61 Å². The summed E-state index contributed by atoms with van der Waals surface area (Å²) < 4.78 is 42.7. The van der Waals surface area contributed by atoms with Crippen molar-refractivity contribution in [2.24, 2.45) is 0 Å². The number of aromatic amines is 1. The predicted molar refractivity (Wildman–Crippen MR) is 111 cm³/mol. The summed E-state index contributed by atoms with van der Waals surface area (Å²) in [5, 5.41) is 20.2. The fraction of sp³-hybridized carbons (Fsp3) is 0.765. The van der Waals surface area contributed by atoms with Gasteiger partial charge in [-0.05, 0) is 19.3 Å². The van der Waals surface area contributed by atoms with Crippen molar-refractivity contribution in [1.82, 2.24) is 9.55 Å². The minimum absolute atomic E-state index is 0.262. The molecule has 0 bridgehead atoms. The third-order valence-electron chi connectivity index (χ3n) is 4.95. The average molecular weight is 530 g/mol. The fourth-order valence-electron chi connectivity index (χ4n) is 3.22. The molecule has 6 unspecified atom stereocenters. The maximum Gasteiger partial charge on any atom is 0.330 e. The molecule has 17 heteroatoms. The molecule has 34 heavy (non-hydrogen) atoms. The van der Waals surface area contributed by atoms with Crippen LogP contribution in [0.1, 0.15) is 44.8 Å². The van der Waals surface area contributed by atoms with Crippen LogP contribution in [0.5, 0.6) is 0 Å². The number of phosphoric ester groups is 2. The smallest absolute Gasteiger partial charge is 0.330 e. The zero-order valence-corrected chi connectivity index (χ0v) is 20.1. The topological polar surface area (TPSA) is 240 Å². The first-order chi connectivity index (χ1) is 16.0. The van der Waals surface area contributed by atoms with Gasteiger partial charge in [0.1, 0.15) is 18.3 Å². The Morgan fingerprint density at radius 3 is 2.29 bits per heavy atom. The molecule has 1 aromatic rings. The van der Waals surface area contributed by atoms with Gasteiger partial charge in [0.2, 0.25) is 0 Å². The molecule has 1 fully saturated rings. The number of aliphatic hydroxyl groups excluding tert-OH is 2. The van der Waals surface area contributed by atoms with E-state index in [0.29, 0.717) is 12.8 Å². The molecular formula is C17H30N3O12P2-. The fourth-order valence-corrected chi connectivity index (χ4v) is 5.26. The summed E-state index contributed by atoms with van der Waals surface area (Å²) in [5.74, 6) is 0. The summed E-state index contributed by atoms with van der Waals surface area (Å²) >= 11 is 0. The van der Waals surface area contributed by atoms with Crippen LogP contribution >= 0.6 is 15.6 Å². The second kappa shape index (κ2) is 13.2. The van der Waals surface area contributed by atoms with E-state index in [2.05, 4.69) is 19.1 Å². The molecule has 1 aliphatic rings. The van der Waals surface area contributed by atoms with E-state index in [1.165, 1.54) is 0 Å². The molecule has 2 rings (SSSR count). The van der Waals surface area contributed by atoms with Crippen LogP contribution in [0.2, 0.25) is 0 Å². The molecule has 0 radical (unpaired) electrons. The predicted octanol–water partition coefficient (Wildman–Crippen LogP) is -2.28. The van der Waals surface area contributed by atoms with Gasteiger partial charge in [0, 0.05) is 12.3 Å². The average Bonchev–Trinajstić information content (AvgIpc) is 3.02. The highest BCUT2D eigenvalue weighted by atomic mass is 31.3. The van der Waals surface area contributed by atoms with Gasteiger partial charge < -0.3 is 39.5 Å². The second-order valence-corrected chi connectivity index (χ2v) is 10.6. The van der Waals surface area contributed by atoms with Crippen LogP contribution in [-0.4, -0.2) is 57.8 Å². The number of hydrogen-bond acceptors (Lipinski definition) is 12. The molecule has 0 spiro atoms. The third kappa shape index (κ3) is 9.10. The number of nitrogens with one attached hydrogen (secondary N) is 1. The van der Waals surface area contributed by atoms with Crippen LogP contribution in [-0.2, 0) is 27.2 Å². The van der Waals surface area contributed by atoms with E-state index in [9.17, 15) is 38.7 Å². The SMILES string of the molecule is [NH3+]CCCCCCCCOP(=O)([O-])OP(=O)([O-])OCC1OC(n2ccc(=O)[nH]c2=O)C(O)C1O. The summed E-state index contributed by atoms with van der Waals surface area (Å²) in [6.45, 7) is -0.331. The van der Waals surface area contributed by atoms with Gasteiger partial charge in [0.05, 0.1) is 19.8 Å². The van der Waals surface area contributed by atoms with E-state index in [4.69, 9.17) is 4.74 Å². The van der Waals surface area contributed by atoms with E-state index < -0.39 is 58.0 Å². The quantitative estimate of drug-likeness (QED) is 0.139. The van der Waals surface area contributed by atoms with Crippen molar-refractivity contribution in [3.05, 3.63) is 33.1 Å². The molecule has 0 saturated carbocycles. The number of quaternary nitrogens is 1. The maximum absolute atomic E-state index is 11.9. The molecule has 1 aromatic heterocycles. The van der Waals surface area contributed by atoms with Gasteiger partial charge in [-0.2, -0.15) is 0 Å². The van der Waals surface area contributed by atoms with Gasteiger partial charge in [-0.15, -0.1) is 0 Å². The highest BCUT2D eigenvalue weighted by Crippen LogP contribution is 2.55. The van der Waals surface area contributed by atoms with Gasteiger partial charge in [-0.1, -0.05) is 19.3 Å². The van der Waals surface area contributed by atoms with Crippen molar-refractivity contribution in [2.45, 2.75) is 63.1 Å². The Kier molecular flexibility index (Phi) is 11.3. The van der Waals surface area contributed by atoms with Crippen molar-refractivity contribution in [3.8, 4) is 0 Å². The van der Waals surface area contributed by atoms with Crippen LogP contribution in [0.4, 0.5) is 0 Å². The third-order valence-corrected chi connectivity index (χ3v) is 7.52. The molecule has 6 N–H and O–H groups in total. The number of ether oxygens (including phenoxy) is 1. The zero-order valence-electron chi connectivity index (χ0n) is 18.4. The largest absolute Gasteiger partial charge is 0.756 e. The standard InChI is InChI=1S/C17H31N3O12P2/c18-8-5-3-1-2-4-6-10-29-33(25,26)32-34(27,28)30-11-12-14(22)15(23)16(31-12)20-9-7-13(21)19-17(20)24/h7,9,12,14-16,22-23H,1-6,8,10-11,18H2,(H,25,26)(H,27,28)(H,19,21,24)/p-1. The van der Waals surface area contributed by atoms with Gasteiger partial charge >= 0.3 is 5.69 Å². The Balaban J connectivity index is 1.81. The lowest BCUT2D eigenvalue weighted by molar-refractivity contribution is -0.368. The summed E-state index contributed by atoms with van der Waals surface area (Å²) in [6.07, 6.45) is -0.324. The number of nitrogens with zero attached hydrogens (tertiary/aromatic N) is 1. The summed E-state index contributed by atoms with van der Waals surface area (Å²) in [7, 11) is -10.7. The van der Waals surface area contributed by atoms with E-state index in [1.807, 2.05) is 4.98 Å². The first kappa shape index (κ1) is 29.0. The number of phosphoric acid groups is 2. The van der Waals surface area contributed by atoms with Crippen LogP contribution < -0.4 is 26.8 Å². The van der Waals surface area contributed by atoms with Gasteiger partial charge in [-0.25, -0.2) is 9.11 Å². The highest BCUT2D eigenvalue weighted by molar-refractivity contribution is 7.59. The number of rotatable bonds is 15. The van der Waals surface area contributed by atoms with Gasteiger partial charge in [0.15, 0.2) is 6.23 Å². The maximum atomic E-state index is 11.9. The number of aliphatic hydroxyl groups is 2. The second-order valence-electron chi connectivity index (χ2n) is 7.64. The number of unbranched alkanes of at least 4 members (excludes halogenated alkanes) is 5. The summed E-state index contributed by atoms with van der Waals surface area (Å²) in [5.41, 5.74) is 2.10. The van der Waals surface area contributed by atoms with Crippen molar-refractivity contribution in [2.75, 3.05) is 19.8 Å². The first-order valence-corrected chi connectivity index (χ1v) is 13.6. The van der Waals surface area contributed by atoms with Crippen molar-refractivity contribution < 1.29 is 53.0 Å². The molecular weight excluding hydrogens is 500 g/mol. The number of hydrogen-bond donors (Lipinski definition) is 4. The normalized spacial score (nSPS) is 26.3. The number of aromatic nitrogens is 2. The molecule has 0 aromatic carbocycles. The Hall–Kier alpha value is -1.22. The molecule has 196 valence electrons. The van der Waals surface area contributed by atoms with Crippen molar-refractivity contribution in [1.29, 1.82) is 0 Å². The molecule has 0 amide bonds. The summed E-state index contributed by atoms with van der Waals surface area (Å²) in [4.78, 5) is 48.6. The number of H-pyrrole nitrogens is 1.